The fraction of sp³-hybridized carbons (Fsp3) is 0.353. The zero-order valence-electron chi connectivity index (χ0n) is 13.8. The zero-order chi connectivity index (χ0) is 17.0. The van der Waals surface area contributed by atoms with E-state index in [4.69, 9.17) is 0 Å². The highest BCUT2D eigenvalue weighted by Crippen LogP contribution is 2.17. The lowest BCUT2D eigenvalue weighted by molar-refractivity contribution is -0.116. The van der Waals surface area contributed by atoms with Gasteiger partial charge in [0.25, 0.3) is 5.56 Å². The Hall–Kier alpha value is -2.08. The average Bonchev–Trinajstić information content (AvgIpc) is 2.49. The number of H-pyrrole nitrogens is 1. The van der Waals surface area contributed by atoms with Crippen LogP contribution >= 0.6 is 11.8 Å². The Bertz CT molecular complexity index is 784. The summed E-state index contributed by atoms with van der Waals surface area (Å²) >= 11 is 1.39. The number of aromatic nitrogens is 2. The van der Waals surface area contributed by atoms with Gasteiger partial charge in [-0.2, -0.15) is 0 Å². The molecule has 6 heteroatoms. The third kappa shape index (κ3) is 4.45. The molecule has 5 nitrogen and oxygen atoms in total. The van der Waals surface area contributed by atoms with Gasteiger partial charge in [-0.15, -0.1) is 0 Å². The molecule has 0 atom stereocenters. The maximum absolute atomic E-state index is 12.1. The minimum atomic E-state index is -0.165. The summed E-state index contributed by atoms with van der Waals surface area (Å²) in [6, 6.07) is 5.93. The van der Waals surface area contributed by atoms with Crippen LogP contribution in [0.3, 0.4) is 0 Å². The van der Waals surface area contributed by atoms with Gasteiger partial charge in [0.15, 0.2) is 5.16 Å². The second kappa shape index (κ2) is 7.46. The monoisotopic (exact) mass is 331 g/mol. The van der Waals surface area contributed by atoms with Gasteiger partial charge in [0, 0.05) is 23.4 Å². The third-order valence-electron chi connectivity index (χ3n) is 3.66. The number of carbonyl (C=O) groups excluding carboxylic acids is 1. The molecule has 0 aliphatic heterocycles. The van der Waals surface area contributed by atoms with Gasteiger partial charge in [-0.1, -0.05) is 23.9 Å². The molecule has 2 aromatic rings. The molecule has 2 N–H and O–H groups in total. The molecule has 23 heavy (non-hydrogen) atoms. The fourth-order valence-corrected chi connectivity index (χ4v) is 2.72. The number of benzene rings is 1. The summed E-state index contributed by atoms with van der Waals surface area (Å²) in [6.45, 7) is 5.73. The van der Waals surface area contributed by atoms with Crippen LogP contribution in [0.4, 0.5) is 5.69 Å². The Morgan fingerprint density at radius 1 is 1.30 bits per heavy atom. The van der Waals surface area contributed by atoms with Gasteiger partial charge >= 0.3 is 0 Å². The highest BCUT2D eigenvalue weighted by atomic mass is 32.2. The first kappa shape index (κ1) is 17.3. The second-order valence-electron chi connectivity index (χ2n) is 5.51. The smallest absolute Gasteiger partial charge is 0.254 e. The molecule has 1 aromatic carbocycles. The van der Waals surface area contributed by atoms with Crippen molar-refractivity contribution < 1.29 is 4.79 Å². The van der Waals surface area contributed by atoms with Crippen LogP contribution in [-0.4, -0.2) is 22.1 Å². The Labute approximate surface area is 139 Å². The minimum Gasteiger partial charge on any atom is -0.326 e. The van der Waals surface area contributed by atoms with E-state index < -0.39 is 0 Å². The Morgan fingerprint density at radius 2 is 2.04 bits per heavy atom. The summed E-state index contributed by atoms with van der Waals surface area (Å²) in [5, 5.41) is 3.50. The van der Waals surface area contributed by atoms with E-state index in [0.29, 0.717) is 22.8 Å². The Balaban J connectivity index is 2.05. The van der Waals surface area contributed by atoms with E-state index in [9.17, 15) is 9.59 Å². The summed E-state index contributed by atoms with van der Waals surface area (Å²) in [4.78, 5) is 31.2. The van der Waals surface area contributed by atoms with E-state index in [0.717, 1.165) is 16.8 Å². The molecule has 0 saturated heterocycles. The fourth-order valence-electron chi connectivity index (χ4n) is 2.30. The number of hydrogen-bond donors (Lipinski definition) is 2. The minimum absolute atomic E-state index is 0.105. The lowest BCUT2D eigenvalue weighted by atomic mass is 10.1. The second-order valence-corrected chi connectivity index (χ2v) is 6.30. The van der Waals surface area contributed by atoms with Crippen molar-refractivity contribution in [2.24, 2.45) is 0 Å². The van der Waals surface area contributed by atoms with Crippen molar-refractivity contribution in [3.05, 3.63) is 50.9 Å². The summed E-state index contributed by atoms with van der Waals surface area (Å²) < 4.78 is 0. The average molecular weight is 331 g/mol. The molecule has 1 aromatic heterocycles. The molecule has 0 saturated carbocycles. The van der Waals surface area contributed by atoms with Gasteiger partial charge in [0.2, 0.25) is 5.91 Å². The molecule has 1 heterocycles. The number of anilines is 1. The highest BCUT2D eigenvalue weighted by molar-refractivity contribution is 7.98. The molecule has 2 rings (SSSR count). The van der Waals surface area contributed by atoms with Gasteiger partial charge in [0.05, 0.1) is 0 Å². The van der Waals surface area contributed by atoms with E-state index in [-0.39, 0.29) is 17.9 Å². The number of carbonyl (C=O) groups is 1. The Kier molecular flexibility index (Phi) is 5.60. The normalized spacial score (nSPS) is 10.6. The van der Waals surface area contributed by atoms with Crippen molar-refractivity contribution in [2.45, 2.75) is 38.8 Å². The maximum atomic E-state index is 12.1. The number of nitrogens with zero attached hydrogens (tertiary/aromatic N) is 1. The molecule has 0 bridgehead atoms. The zero-order valence-corrected chi connectivity index (χ0v) is 14.6. The van der Waals surface area contributed by atoms with E-state index in [1.54, 1.807) is 6.92 Å². The topological polar surface area (TPSA) is 74.8 Å². The van der Waals surface area contributed by atoms with E-state index >= 15 is 0 Å². The lowest BCUT2D eigenvalue weighted by Gasteiger charge is -2.10. The van der Waals surface area contributed by atoms with Crippen LogP contribution in [0.15, 0.2) is 28.2 Å². The van der Waals surface area contributed by atoms with Crippen LogP contribution in [0.2, 0.25) is 0 Å². The summed E-state index contributed by atoms with van der Waals surface area (Å²) in [5.74, 6) is -0.105. The number of aryl methyl sites for hydroxylation is 3. The SMILES string of the molecule is CSc1nc(C)c(CCC(=O)Nc2cc(C)ccc2C)c(=O)[nH]1. The largest absolute Gasteiger partial charge is 0.326 e. The summed E-state index contributed by atoms with van der Waals surface area (Å²) in [7, 11) is 0. The predicted molar refractivity (Wildman–Crippen MR) is 94.2 cm³/mol. The molecule has 122 valence electrons. The first-order valence-corrected chi connectivity index (χ1v) is 8.64. The standard InChI is InChI=1S/C17H21N3O2S/c1-10-5-6-11(2)14(9-10)19-15(21)8-7-13-12(3)18-17(23-4)20-16(13)22/h5-6,9H,7-8H2,1-4H3,(H,19,21)(H,18,20,22). The molecular formula is C17H21N3O2S. The van der Waals surface area contributed by atoms with Gasteiger partial charge in [-0.25, -0.2) is 4.98 Å². The van der Waals surface area contributed by atoms with Crippen molar-refractivity contribution in [1.82, 2.24) is 9.97 Å². The summed E-state index contributed by atoms with van der Waals surface area (Å²) in [6.07, 6.45) is 2.48. The number of aromatic amines is 1. The molecule has 0 spiro atoms. The highest BCUT2D eigenvalue weighted by Gasteiger charge is 2.11. The quantitative estimate of drug-likeness (QED) is 0.652. The molecule has 0 aliphatic carbocycles. The maximum Gasteiger partial charge on any atom is 0.254 e. The molecule has 0 fully saturated rings. The van der Waals surface area contributed by atoms with Crippen molar-refractivity contribution >= 4 is 23.4 Å². The number of rotatable bonds is 5. The number of nitrogens with one attached hydrogen (secondary N) is 2. The van der Waals surface area contributed by atoms with Crippen LogP contribution in [0.25, 0.3) is 0 Å². The van der Waals surface area contributed by atoms with Crippen molar-refractivity contribution in [1.29, 1.82) is 0 Å². The predicted octanol–water partition coefficient (Wildman–Crippen LogP) is 2.99. The van der Waals surface area contributed by atoms with Gasteiger partial charge < -0.3 is 10.3 Å². The van der Waals surface area contributed by atoms with Crippen LogP contribution in [0, 0.1) is 20.8 Å². The Morgan fingerprint density at radius 3 is 2.70 bits per heavy atom. The van der Waals surface area contributed by atoms with E-state index in [2.05, 4.69) is 15.3 Å². The van der Waals surface area contributed by atoms with Gasteiger partial charge in [0.1, 0.15) is 0 Å². The lowest BCUT2D eigenvalue weighted by Crippen LogP contribution is -2.20. The first-order valence-electron chi connectivity index (χ1n) is 7.41. The van der Waals surface area contributed by atoms with Crippen molar-refractivity contribution in [2.75, 3.05) is 11.6 Å². The molecular weight excluding hydrogens is 310 g/mol. The molecule has 0 aliphatic rings. The number of amides is 1. The van der Waals surface area contributed by atoms with Crippen molar-refractivity contribution in [3.8, 4) is 0 Å². The summed E-state index contributed by atoms with van der Waals surface area (Å²) in [5.41, 5.74) is 4.01. The van der Waals surface area contributed by atoms with Gasteiger partial charge in [-0.3, -0.25) is 9.59 Å². The van der Waals surface area contributed by atoms with Crippen LogP contribution in [0.5, 0.6) is 0 Å². The third-order valence-corrected chi connectivity index (χ3v) is 4.24. The van der Waals surface area contributed by atoms with Crippen molar-refractivity contribution in [3.63, 3.8) is 0 Å². The first-order chi connectivity index (χ1) is 10.9. The number of thioether (sulfide) groups is 1. The van der Waals surface area contributed by atoms with Crippen LogP contribution < -0.4 is 10.9 Å². The van der Waals surface area contributed by atoms with E-state index in [1.807, 2.05) is 38.3 Å². The van der Waals surface area contributed by atoms with Gasteiger partial charge in [-0.05, 0) is 50.6 Å². The van der Waals surface area contributed by atoms with E-state index in [1.165, 1.54) is 11.8 Å². The molecule has 1 amide bonds. The van der Waals surface area contributed by atoms with Crippen LogP contribution in [-0.2, 0) is 11.2 Å². The molecule has 0 unspecified atom stereocenters. The molecule has 0 radical (unpaired) electrons. The number of hydrogen-bond acceptors (Lipinski definition) is 4. The van der Waals surface area contributed by atoms with Crippen LogP contribution in [0.1, 0.15) is 28.8 Å².